The summed E-state index contributed by atoms with van der Waals surface area (Å²) in [5, 5.41) is 6.18. The zero-order valence-corrected chi connectivity index (χ0v) is 18.4. The average molecular weight is 423 g/mol. The third kappa shape index (κ3) is 4.56. The van der Waals surface area contributed by atoms with Crippen LogP contribution < -0.4 is 15.4 Å². The first-order valence-corrected chi connectivity index (χ1v) is 10.8. The standard InChI is InChI=1S/C24H30N4O3/c1-23(2,3)21(29)24(10-12-26-16-24)31-20-8-6-19(7-9-20)27-22(30)28-14-18(15-28)17-5-4-11-25-13-17/h4-9,11,13,18,26H,10,12,14-16H2,1-3H3,(H,27,30)/t24-/m1/s1. The van der Waals surface area contributed by atoms with Gasteiger partial charge < -0.3 is 20.3 Å². The molecule has 4 rings (SSSR count). The molecule has 2 N–H and O–H groups in total. The number of amides is 2. The van der Waals surface area contributed by atoms with E-state index in [0.29, 0.717) is 43.4 Å². The lowest BCUT2D eigenvalue weighted by atomic mass is 9.79. The molecular weight excluding hydrogens is 392 g/mol. The number of aromatic nitrogens is 1. The van der Waals surface area contributed by atoms with Gasteiger partial charge in [-0.25, -0.2) is 4.79 Å². The van der Waals surface area contributed by atoms with Crippen LogP contribution in [0.3, 0.4) is 0 Å². The molecule has 2 aliphatic rings. The Hall–Kier alpha value is -2.93. The van der Waals surface area contributed by atoms with Gasteiger partial charge in [0.15, 0.2) is 11.4 Å². The maximum Gasteiger partial charge on any atom is 0.321 e. The molecule has 0 aliphatic carbocycles. The Morgan fingerprint density at radius 2 is 1.94 bits per heavy atom. The number of anilines is 1. The van der Waals surface area contributed by atoms with Gasteiger partial charge in [0.2, 0.25) is 0 Å². The molecule has 1 aromatic heterocycles. The smallest absolute Gasteiger partial charge is 0.321 e. The number of likely N-dealkylation sites (tertiary alicyclic amines) is 1. The predicted molar refractivity (Wildman–Crippen MR) is 119 cm³/mol. The summed E-state index contributed by atoms with van der Waals surface area (Å²) in [6, 6.07) is 11.1. The maximum atomic E-state index is 13.0. The zero-order chi connectivity index (χ0) is 22.1. The predicted octanol–water partition coefficient (Wildman–Crippen LogP) is 3.44. The molecule has 0 unspecified atom stereocenters. The summed E-state index contributed by atoms with van der Waals surface area (Å²) in [6.45, 7) is 8.40. The van der Waals surface area contributed by atoms with Gasteiger partial charge in [-0.1, -0.05) is 26.8 Å². The van der Waals surface area contributed by atoms with Gasteiger partial charge in [-0.15, -0.1) is 0 Å². The Balaban J connectivity index is 1.34. The SMILES string of the molecule is CC(C)(C)C(=O)[C@@]1(Oc2ccc(NC(=O)N3CC(c4cccnc4)C3)cc2)CCNC1. The first kappa shape index (κ1) is 21.3. The number of nitrogens with one attached hydrogen (secondary N) is 2. The minimum atomic E-state index is -0.845. The minimum absolute atomic E-state index is 0.100. The van der Waals surface area contributed by atoms with E-state index < -0.39 is 11.0 Å². The van der Waals surface area contributed by atoms with Crippen LogP contribution in [0.4, 0.5) is 10.5 Å². The quantitative estimate of drug-likeness (QED) is 0.771. The van der Waals surface area contributed by atoms with E-state index >= 15 is 0 Å². The van der Waals surface area contributed by atoms with Crippen molar-refractivity contribution in [2.75, 3.05) is 31.5 Å². The number of urea groups is 1. The number of nitrogens with zero attached hydrogens (tertiary/aromatic N) is 2. The van der Waals surface area contributed by atoms with Gasteiger partial charge in [-0.05, 0) is 42.4 Å². The average Bonchev–Trinajstić information content (AvgIpc) is 3.17. The Morgan fingerprint density at radius 1 is 1.19 bits per heavy atom. The van der Waals surface area contributed by atoms with E-state index in [0.717, 1.165) is 12.1 Å². The normalized spacial score (nSPS) is 21.5. The number of hydrogen-bond donors (Lipinski definition) is 2. The van der Waals surface area contributed by atoms with Crippen LogP contribution in [0.1, 0.15) is 38.7 Å². The highest BCUT2D eigenvalue weighted by atomic mass is 16.5. The van der Waals surface area contributed by atoms with E-state index in [-0.39, 0.29) is 11.8 Å². The first-order valence-electron chi connectivity index (χ1n) is 10.8. The van der Waals surface area contributed by atoms with E-state index in [9.17, 15) is 9.59 Å². The molecule has 7 heteroatoms. The molecule has 0 radical (unpaired) electrons. The van der Waals surface area contributed by atoms with Crippen LogP contribution in [-0.4, -0.2) is 53.5 Å². The summed E-state index contributed by atoms with van der Waals surface area (Å²) in [7, 11) is 0. The Bertz CT molecular complexity index is 926. The Kier molecular flexibility index (Phi) is 5.71. The molecule has 0 saturated carbocycles. The van der Waals surface area contributed by atoms with Crippen molar-refractivity contribution in [3.63, 3.8) is 0 Å². The number of carbonyl (C=O) groups is 2. The van der Waals surface area contributed by atoms with Crippen LogP contribution in [0.15, 0.2) is 48.8 Å². The zero-order valence-electron chi connectivity index (χ0n) is 18.4. The van der Waals surface area contributed by atoms with Crippen molar-refractivity contribution >= 4 is 17.5 Å². The second-order valence-corrected chi connectivity index (χ2v) is 9.45. The van der Waals surface area contributed by atoms with E-state index in [2.05, 4.69) is 15.6 Å². The molecule has 0 spiro atoms. The third-order valence-electron chi connectivity index (χ3n) is 5.95. The molecule has 164 valence electrons. The molecule has 2 amide bonds. The van der Waals surface area contributed by atoms with Gasteiger partial charge in [0.05, 0.1) is 0 Å². The van der Waals surface area contributed by atoms with Crippen LogP contribution in [0.25, 0.3) is 0 Å². The van der Waals surface area contributed by atoms with E-state index in [1.807, 2.05) is 51.2 Å². The molecule has 31 heavy (non-hydrogen) atoms. The highest BCUT2D eigenvalue weighted by Gasteiger charge is 2.48. The summed E-state index contributed by atoms with van der Waals surface area (Å²) in [4.78, 5) is 31.4. The number of carbonyl (C=O) groups excluding carboxylic acids is 2. The van der Waals surface area contributed by atoms with Gasteiger partial charge in [-0.3, -0.25) is 9.78 Å². The van der Waals surface area contributed by atoms with Gasteiger partial charge in [0.1, 0.15) is 5.75 Å². The van der Waals surface area contributed by atoms with Crippen LogP contribution >= 0.6 is 0 Å². The second kappa shape index (κ2) is 8.30. The number of Topliss-reactive ketones (excluding diaryl/α,β-unsaturated/α-hetero) is 1. The van der Waals surface area contributed by atoms with Crippen LogP contribution in [-0.2, 0) is 4.79 Å². The lowest BCUT2D eigenvalue weighted by molar-refractivity contribution is -0.141. The topological polar surface area (TPSA) is 83.6 Å². The van der Waals surface area contributed by atoms with E-state index in [4.69, 9.17) is 4.74 Å². The molecule has 2 saturated heterocycles. The van der Waals surface area contributed by atoms with Crippen LogP contribution in [0.5, 0.6) is 5.75 Å². The van der Waals surface area contributed by atoms with Crippen LogP contribution in [0, 0.1) is 5.41 Å². The fraction of sp³-hybridized carbons (Fsp3) is 0.458. The summed E-state index contributed by atoms with van der Waals surface area (Å²) < 4.78 is 6.21. The summed E-state index contributed by atoms with van der Waals surface area (Å²) in [6.07, 6.45) is 4.26. The number of ether oxygens (including phenoxy) is 1. The number of ketones is 1. The lowest BCUT2D eigenvalue weighted by Crippen LogP contribution is -2.51. The van der Waals surface area contributed by atoms with Crippen molar-refractivity contribution in [3.05, 3.63) is 54.4 Å². The van der Waals surface area contributed by atoms with Crippen molar-refractivity contribution in [2.24, 2.45) is 5.41 Å². The van der Waals surface area contributed by atoms with Crippen molar-refractivity contribution in [1.29, 1.82) is 0 Å². The Morgan fingerprint density at radius 3 is 2.52 bits per heavy atom. The minimum Gasteiger partial charge on any atom is -0.478 e. The third-order valence-corrected chi connectivity index (χ3v) is 5.95. The van der Waals surface area contributed by atoms with Gasteiger partial charge in [0, 0.05) is 55.5 Å². The molecule has 1 aromatic carbocycles. The fourth-order valence-corrected chi connectivity index (χ4v) is 4.19. The molecule has 2 aromatic rings. The molecular formula is C24H30N4O3. The monoisotopic (exact) mass is 422 g/mol. The van der Waals surface area contributed by atoms with Gasteiger partial charge in [-0.2, -0.15) is 0 Å². The van der Waals surface area contributed by atoms with Crippen molar-refractivity contribution < 1.29 is 14.3 Å². The molecule has 2 fully saturated rings. The highest BCUT2D eigenvalue weighted by molar-refractivity contribution is 5.93. The molecule has 7 nitrogen and oxygen atoms in total. The number of benzene rings is 1. The van der Waals surface area contributed by atoms with Gasteiger partial charge >= 0.3 is 6.03 Å². The molecule has 2 aliphatic heterocycles. The number of hydrogen-bond acceptors (Lipinski definition) is 5. The van der Waals surface area contributed by atoms with Crippen LogP contribution in [0.2, 0.25) is 0 Å². The summed E-state index contributed by atoms with van der Waals surface area (Å²) in [5.41, 5.74) is 0.531. The van der Waals surface area contributed by atoms with Crippen molar-refractivity contribution in [3.8, 4) is 5.75 Å². The largest absolute Gasteiger partial charge is 0.478 e. The van der Waals surface area contributed by atoms with E-state index in [1.54, 1.807) is 23.2 Å². The lowest BCUT2D eigenvalue weighted by Gasteiger charge is -2.39. The van der Waals surface area contributed by atoms with Crippen molar-refractivity contribution in [2.45, 2.75) is 38.7 Å². The molecule has 1 atom stereocenters. The van der Waals surface area contributed by atoms with Gasteiger partial charge in [0.25, 0.3) is 0 Å². The first-order chi connectivity index (χ1) is 14.8. The fourth-order valence-electron chi connectivity index (χ4n) is 4.19. The number of rotatable bonds is 5. The second-order valence-electron chi connectivity index (χ2n) is 9.45. The number of pyridine rings is 1. The maximum absolute atomic E-state index is 13.0. The Labute approximate surface area is 183 Å². The van der Waals surface area contributed by atoms with Crippen molar-refractivity contribution in [1.82, 2.24) is 15.2 Å². The van der Waals surface area contributed by atoms with E-state index in [1.165, 1.54) is 0 Å². The molecule has 3 heterocycles. The highest BCUT2D eigenvalue weighted by Crippen LogP contribution is 2.33. The summed E-state index contributed by atoms with van der Waals surface area (Å²) >= 11 is 0. The summed E-state index contributed by atoms with van der Waals surface area (Å²) in [5.74, 6) is 1.06. The molecule has 0 bridgehead atoms.